The summed E-state index contributed by atoms with van der Waals surface area (Å²) in [6.45, 7) is 9.35. The van der Waals surface area contributed by atoms with E-state index in [9.17, 15) is 0 Å². The Morgan fingerprint density at radius 2 is 1.79 bits per heavy atom. The minimum atomic E-state index is 0.179. The molecule has 0 saturated heterocycles. The number of aromatic nitrogens is 2. The van der Waals surface area contributed by atoms with Gasteiger partial charge in [0, 0.05) is 17.8 Å². The Bertz CT molecular complexity index is 544. The van der Waals surface area contributed by atoms with Crippen LogP contribution in [-0.4, -0.2) is 9.78 Å². The second kappa shape index (κ2) is 5.17. The summed E-state index contributed by atoms with van der Waals surface area (Å²) in [5.74, 6) is 0. The van der Waals surface area contributed by atoms with Gasteiger partial charge in [-0.05, 0) is 29.5 Å². The monoisotopic (exact) mass is 257 g/mol. The Balaban J connectivity index is 2.40. The van der Waals surface area contributed by atoms with Crippen LogP contribution in [0, 0.1) is 0 Å². The molecular weight excluding hydrogens is 234 g/mol. The van der Waals surface area contributed by atoms with Gasteiger partial charge in [0.2, 0.25) is 0 Å². The van der Waals surface area contributed by atoms with Gasteiger partial charge in [-0.3, -0.25) is 0 Å². The predicted molar refractivity (Wildman–Crippen MR) is 79.5 cm³/mol. The highest BCUT2D eigenvalue weighted by Crippen LogP contribution is 2.24. The lowest BCUT2D eigenvalue weighted by Crippen LogP contribution is -2.11. The first kappa shape index (κ1) is 13.8. The van der Waals surface area contributed by atoms with Crippen LogP contribution >= 0.6 is 0 Å². The molecule has 19 heavy (non-hydrogen) atoms. The van der Waals surface area contributed by atoms with Crippen LogP contribution in [0.1, 0.15) is 44.5 Å². The zero-order valence-electron chi connectivity index (χ0n) is 12.3. The molecule has 0 fully saturated rings. The Morgan fingerprint density at radius 1 is 1.16 bits per heavy atom. The number of nitrogens with zero attached hydrogens (tertiary/aromatic N) is 2. The number of hydrogen-bond donors (Lipinski definition) is 1. The maximum absolute atomic E-state index is 5.75. The summed E-state index contributed by atoms with van der Waals surface area (Å²) in [6.07, 6.45) is 2.81. The van der Waals surface area contributed by atoms with E-state index < -0.39 is 0 Å². The quantitative estimate of drug-likeness (QED) is 0.917. The van der Waals surface area contributed by atoms with Gasteiger partial charge in [0.05, 0.1) is 11.9 Å². The summed E-state index contributed by atoms with van der Waals surface area (Å²) in [5, 5.41) is 4.46. The van der Waals surface area contributed by atoms with Crippen molar-refractivity contribution in [3.8, 4) is 5.69 Å². The van der Waals surface area contributed by atoms with Gasteiger partial charge in [-0.15, -0.1) is 0 Å². The van der Waals surface area contributed by atoms with Crippen molar-refractivity contribution in [1.29, 1.82) is 0 Å². The molecule has 2 aromatic rings. The molecule has 3 heteroatoms. The molecule has 3 nitrogen and oxygen atoms in total. The van der Waals surface area contributed by atoms with Gasteiger partial charge in [-0.25, -0.2) is 4.68 Å². The molecule has 0 unspecified atom stereocenters. The molecule has 1 aromatic heterocycles. The summed E-state index contributed by atoms with van der Waals surface area (Å²) >= 11 is 0. The summed E-state index contributed by atoms with van der Waals surface area (Å²) in [5.41, 5.74) is 10.7. The average molecular weight is 257 g/mol. The van der Waals surface area contributed by atoms with Crippen molar-refractivity contribution in [3.63, 3.8) is 0 Å². The molecule has 2 rings (SSSR count). The van der Waals surface area contributed by atoms with Crippen molar-refractivity contribution >= 4 is 0 Å². The van der Waals surface area contributed by atoms with Crippen molar-refractivity contribution in [1.82, 2.24) is 9.78 Å². The minimum absolute atomic E-state index is 0.179. The fraction of sp³-hybridized carbons (Fsp3) is 0.438. The first-order valence-electron chi connectivity index (χ1n) is 6.84. The standard InChI is InChI=1S/C16H23N3/c1-5-15-12(10-17)11-18-19(15)14-8-6-13(7-9-14)16(2,3)4/h6-9,11H,5,10,17H2,1-4H3. The fourth-order valence-electron chi connectivity index (χ4n) is 2.28. The summed E-state index contributed by atoms with van der Waals surface area (Å²) in [6, 6.07) is 8.62. The molecular formula is C16H23N3. The topological polar surface area (TPSA) is 43.8 Å². The van der Waals surface area contributed by atoms with E-state index in [0.29, 0.717) is 6.54 Å². The molecule has 0 aliphatic heterocycles. The van der Waals surface area contributed by atoms with E-state index >= 15 is 0 Å². The second-order valence-corrected chi connectivity index (χ2v) is 5.88. The molecule has 0 amide bonds. The van der Waals surface area contributed by atoms with Crippen molar-refractivity contribution < 1.29 is 0 Å². The van der Waals surface area contributed by atoms with Gasteiger partial charge in [0.25, 0.3) is 0 Å². The number of nitrogens with two attached hydrogens (primary N) is 1. The van der Waals surface area contributed by atoms with Crippen LogP contribution in [0.4, 0.5) is 0 Å². The van der Waals surface area contributed by atoms with E-state index in [2.05, 4.69) is 57.1 Å². The Morgan fingerprint density at radius 3 is 2.26 bits per heavy atom. The van der Waals surface area contributed by atoms with Gasteiger partial charge < -0.3 is 5.73 Å². The highest BCUT2D eigenvalue weighted by molar-refractivity contribution is 5.39. The highest BCUT2D eigenvalue weighted by Gasteiger charge is 2.14. The molecule has 0 aliphatic rings. The van der Waals surface area contributed by atoms with Gasteiger partial charge in [0.15, 0.2) is 0 Å². The molecule has 0 spiro atoms. The smallest absolute Gasteiger partial charge is 0.0649 e. The van der Waals surface area contributed by atoms with E-state index in [-0.39, 0.29) is 5.41 Å². The molecule has 1 aromatic carbocycles. The van der Waals surface area contributed by atoms with E-state index in [1.807, 2.05) is 10.9 Å². The lowest BCUT2D eigenvalue weighted by Gasteiger charge is -2.19. The van der Waals surface area contributed by atoms with Gasteiger partial charge in [0.1, 0.15) is 0 Å². The van der Waals surface area contributed by atoms with E-state index in [4.69, 9.17) is 5.73 Å². The van der Waals surface area contributed by atoms with Crippen LogP contribution in [0.5, 0.6) is 0 Å². The summed E-state index contributed by atoms with van der Waals surface area (Å²) in [7, 11) is 0. The average Bonchev–Trinajstić information content (AvgIpc) is 2.80. The van der Waals surface area contributed by atoms with Crippen molar-refractivity contribution in [2.24, 2.45) is 5.73 Å². The number of rotatable bonds is 3. The molecule has 0 aliphatic carbocycles. The Hall–Kier alpha value is -1.61. The first-order valence-corrected chi connectivity index (χ1v) is 6.84. The van der Waals surface area contributed by atoms with Crippen molar-refractivity contribution in [2.75, 3.05) is 0 Å². The molecule has 0 atom stereocenters. The Kier molecular flexibility index (Phi) is 3.76. The lowest BCUT2D eigenvalue weighted by molar-refractivity contribution is 0.590. The van der Waals surface area contributed by atoms with Gasteiger partial charge in [-0.2, -0.15) is 5.10 Å². The fourth-order valence-corrected chi connectivity index (χ4v) is 2.28. The lowest BCUT2D eigenvalue weighted by atomic mass is 9.87. The van der Waals surface area contributed by atoms with Crippen LogP contribution in [0.15, 0.2) is 30.5 Å². The maximum Gasteiger partial charge on any atom is 0.0649 e. The van der Waals surface area contributed by atoms with Gasteiger partial charge in [-0.1, -0.05) is 39.8 Å². The van der Waals surface area contributed by atoms with Crippen LogP contribution < -0.4 is 5.73 Å². The molecule has 0 saturated carbocycles. The third-order valence-electron chi connectivity index (χ3n) is 3.49. The zero-order chi connectivity index (χ0) is 14.0. The molecule has 102 valence electrons. The molecule has 0 bridgehead atoms. The van der Waals surface area contributed by atoms with Crippen LogP contribution in [0.2, 0.25) is 0 Å². The number of benzene rings is 1. The molecule has 0 radical (unpaired) electrons. The summed E-state index contributed by atoms with van der Waals surface area (Å²) < 4.78 is 1.99. The Labute approximate surface area is 115 Å². The van der Waals surface area contributed by atoms with E-state index in [1.54, 1.807) is 0 Å². The first-order chi connectivity index (χ1) is 8.97. The van der Waals surface area contributed by atoms with E-state index in [1.165, 1.54) is 11.3 Å². The van der Waals surface area contributed by atoms with Crippen molar-refractivity contribution in [2.45, 2.75) is 46.1 Å². The highest BCUT2D eigenvalue weighted by atomic mass is 15.3. The molecule has 1 heterocycles. The largest absolute Gasteiger partial charge is 0.326 e. The SMILES string of the molecule is CCc1c(CN)cnn1-c1ccc(C(C)(C)C)cc1. The van der Waals surface area contributed by atoms with Crippen LogP contribution in [0.3, 0.4) is 0 Å². The maximum atomic E-state index is 5.75. The predicted octanol–water partition coefficient (Wildman–Crippen LogP) is 3.19. The molecule has 2 N–H and O–H groups in total. The van der Waals surface area contributed by atoms with E-state index in [0.717, 1.165) is 17.7 Å². The third kappa shape index (κ3) is 2.71. The summed E-state index contributed by atoms with van der Waals surface area (Å²) in [4.78, 5) is 0. The van der Waals surface area contributed by atoms with Crippen molar-refractivity contribution in [3.05, 3.63) is 47.3 Å². The zero-order valence-corrected chi connectivity index (χ0v) is 12.3. The third-order valence-corrected chi connectivity index (χ3v) is 3.49. The number of hydrogen-bond acceptors (Lipinski definition) is 2. The van der Waals surface area contributed by atoms with Crippen LogP contribution in [0.25, 0.3) is 5.69 Å². The normalized spacial score (nSPS) is 11.8. The minimum Gasteiger partial charge on any atom is -0.326 e. The van der Waals surface area contributed by atoms with Gasteiger partial charge >= 0.3 is 0 Å². The second-order valence-electron chi connectivity index (χ2n) is 5.88. The van der Waals surface area contributed by atoms with Crippen LogP contribution in [-0.2, 0) is 18.4 Å².